The van der Waals surface area contributed by atoms with Gasteiger partial charge in [0.15, 0.2) is 6.10 Å². The number of hydrogen-bond donors (Lipinski definition) is 0. The highest BCUT2D eigenvalue weighted by Crippen LogP contribution is 2.44. The minimum atomic E-state index is -0.552. The van der Waals surface area contributed by atoms with Gasteiger partial charge in [-0.1, -0.05) is 92.5 Å². The molecule has 7 heteroatoms. The van der Waals surface area contributed by atoms with E-state index < -0.39 is 12.1 Å². The number of halogens is 2. The van der Waals surface area contributed by atoms with Gasteiger partial charge < -0.3 is 4.74 Å². The quantitative estimate of drug-likeness (QED) is 0.204. The van der Waals surface area contributed by atoms with Crippen LogP contribution >= 0.6 is 31.9 Å². The number of benzene rings is 3. The number of ether oxygens (including phenoxy) is 1. The predicted octanol–water partition coefficient (Wildman–Crippen LogP) is 6.06. The number of carbonyl (C=O) groups is 3. The summed E-state index contributed by atoms with van der Waals surface area (Å²) in [7, 11) is 0. The first-order valence-corrected chi connectivity index (χ1v) is 13.3. The van der Waals surface area contributed by atoms with Crippen molar-refractivity contribution in [1.29, 1.82) is 0 Å². The lowest BCUT2D eigenvalue weighted by Crippen LogP contribution is -2.34. The summed E-state index contributed by atoms with van der Waals surface area (Å²) in [5.74, 6) is -1.46. The maximum absolute atomic E-state index is 13.1. The number of fused-ring (bicyclic) bond motifs is 1. The van der Waals surface area contributed by atoms with Crippen molar-refractivity contribution in [2.75, 3.05) is 4.90 Å². The van der Waals surface area contributed by atoms with E-state index in [-0.39, 0.29) is 33.3 Å². The Hall–Kier alpha value is -2.77. The van der Waals surface area contributed by atoms with Crippen molar-refractivity contribution in [2.45, 2.75) is 28.6 Å². The molecule has 1 aliphatic carbocycles. The normalized spacial score (nSPS) is 23.9. The van der Waals surface area contributed by atoms with E-state index in [0.29, 0.717) is 24.1 Å². The second-order valence-corrected chi connectivity index (χ2v) is 11.2. The van der Waals surface area contributed by atoms with Crippen LogP contribution in [0.3, 0.4) is 0 Å². The molecule has 3 aromatic rings. The van der Waals surface area contributed by atoms with Crippen LogP contribution in [0.1, 0.15) is 40.4 Å². The third kappa shape index (κ3) is 4.71. The fourth-order valence-corrected chi connectivity index (χ4v) is 6.09. The number of nitrogens with zero attached hydrogens (tertiary/aromatic N) is 1. The molecule has 5 nitrogen and oxygen atoms in total. The van der Waals surface area contributed by atoms with E-state index in [1.54, 1.807) is 24.3 Å². The zero-order valence-corrected chi connectivity index (χ0v) is 21.9. The van der Waals surface area contributed by atoms with Gasteiger partial charge in [-0.05, 0) is 48.2 Å². The fourth-order valence-electron chi connectivity index (χ4n) is 4.86. The van der Waals surface area contributed by atoms with Gasteiger partial charge in [0.2, 0.25) is 11.8 Å². The summed E-state index contributed by atoms with van der Waals surface area (Å²) in [6.07, 6.45) is 0.683. The summed E-state index contributed by atoms with van der Waals surface area (Å²) in [5.41, 5.74) is 2.57. The summed E-state index contributed by atoms with van der Waals surface area (Å²) in [6.45, 7) is 0. The Bertz CT molecular complexity index is 1170. The Balaban J connectivity index is 1.35. The molecular formula is C28H23Br2NO4. The molecule has 2 aliphatic rings. The summed E-state index contributed by atoms with van der Waals surface area (Å²) in [6, 6.07) is 25.6. The number of amides is 2. The van der Waals surface area contributed by atoms with Gasteiger partial charge in [0.1, 0.15) is 0 Å². The summed E-state index contributed by atoms with van der Waals surface area (Å²) >= 11 is 7.22. The lowest BCUT2D eigenvalue weighted by Gasteiger charge is -2.29. The Morgan fingerprint density at radius 1 is 0.743 bits per heavy atom. The van der Waals surface area contributed by atoms with Crippen molar-refractivity contribution in [3.63, 3.8) is 0 Å². The highest BCUT2D eigenvalue weighted by molar-refractivity contribution is 9.12. The molecule has 2 fully saturated rings. The van der Waals surface area contributed by atoms with Gasteiger partial charge in [0.05, 0.1) is 23.1 Å². The molecule has 2 amide bonds. The molecule has 0 unspecified atom stereocenters. The number of alkyl halides is 2. The van der Waals surface area contributed by atoms with Crippen molar-refractivity contribution in [3.05, 3.63) is 102 Å². The molecule has 1 saturated carbocycles. The standard InChI is InChI=1S/C28H23Br2NO4/c29-23-15-21-22(16-24(23)30)27(33)31(26(21)32)20-13-11-19(12-14-20)28(34)35-25(17-7-3-1-4-8-17)18-9-5-2-6-10-18/h1-14,21-25H,15-16H2/t21-,22+,23+,24-. The van der Waals surface area contributed by atoms with E-state index in [0.717, 1.165) is 11.1 Å². The second-order valence-electron chi connectivity index (χ2n) is 8.88. The molecular weight excluding hydrogens is 574 g/mol. The maximum Gasteiger partial charge on any atom is 0.339 e. The number of imide groups is 1. The number of rotatable bonds is 5. The fraction of sp³-hybridized carbons (Fsp3) is 0.250. The average Bonchev–Trinajstić information content (AvgIpc) is 3.12. The van der Waals surface area contributed by atoms with Gasteiger partial charge in [0.25, 0.3) is 0 Å². The Morgan fingerprint density at radius 2 is 1.20 bits per heavy atom. The van der Waals surface area contributed by atoms with Crippen molar-refractivity contribution >= 4 is 55.3 Å². The van der Waals surface area contributed by atoms with Crippen LogP contribution < -0.4 is 4.90 Å². The monoisotopic (exact) mass is 595 g/mol. The van der Waals surface area contributed by atoms with Crippen LogP contribution in [0.2, 0.25) is 0 Å². The van der Waals surface area contributed by atoms with E-state index in [1.807, 2.05) is 60.7 Å². The van der Waals surface area contributed by atoms with Crippen molar-refractivity contribution in [3.8, 4) is 0 Å². The topological polar surface area (TPSA) is 63.7 Å². The molecule has 0 bridgehead atoms. The van der Waals surface area contributed by atoms with Crippen molar-refractivity contribution in [2.24, 2.45) is 11.8 Å². The smallest absolute Gasteiger partial charge is 0.339 e. The third-order valence-electron chi connectivity index (χ3n) is 6.70. The third-order valence-corrected chi connectivity index (χ3v) is 9.44. The molecule has 4 atom stereocenters. The minimum Gasteiger partial charge on any atom is -0.449 e. The first-order chi connectivity index (χ1) is 16.9. The molecule has 5 rings (SSSR count). The lowest BCUT2D eigenvalue weighted by atomic mass is 9.81. The molecule has 0 spiro atoms. The average molecular weight is 597 g/mol. The van der Waals surface area contributed by atoms with E-state index in [4.69, 9.17) is 4.74 Å². The van der Waals surface area contributed by atoms with Gasteiger partial charge >= 0.3 is 5.97 Å². The van der Waals surface area contributed by atoms with Crippen molar-refractivity contribution < 1.29 is 19.1 Å². The van der Waals surface area contributed by atoms with Gasteiger partial charge in [-0.3, -0.25) is 14.5 Å². The molecule has 1 aliphatic heterocycles. The lowest BCUT2D eigenvalue weighted by molar-refractivity contribution is -0.122. The van der Waals surface area contributed by atoms with E-state index in [2.05, 4.69) is 31.9 Å². The van der Waals surface area contributed by atoms with Crippen LogP contribution in [-0.2, 0) is 14.3 Å². The highest BCUT2D eigenvalue weighted by Gasteiger charge is 2.52. The molecule has 1 saturated heterocycles. The van der Waals surface area contributed by atoms with E-state index in [1.165, 1.54) is 4.90 Å². The summed E-state index contributed by atoms with van der Waals surface area (Å²) in [5, 5.41) is 0. The molecule has 1 heterocycles. The van der Waals surface area contributed by atoms with E-state index in [9.17, 15) is 14.4 Å². The molecule has 0 radical (unpaired) electrons. The zero-order valence-electron chi connectivity index (χ0n) is 18.7. The first kappa shape index (κ1) is 23.9. The Morgan fingerprint density at radius 3 is 1.66 bits per heavy atom. The Kier molecular flexibility index (Phi) is 6.89. The van der Waals surface area contributed by atoms with Gasteiger partial charge in [-0.25, -0.2) is 4.79 Å². The highest BCUT2D eigenvalue weighted by atomic mass is 79.9. The molecule has 0 N–H and O–H groups in total. The SMILES string of the molecule is O=C(OC(c1ccccc1)c1ccccc1)c1ccc(N2C(=O)[C@H]3C[C@@H](Br)[C@@H](Br)C[C@H]3C2=O)cc1. The van der Waals surface area contributed by atoms with E-state index >= 15 is 0 Å². The molecule has 0 aromatic heterocycles. The second kappa shape index (κ2) is 10.1. The van der Waals surface area contributed by atoms with Crippen LogP contribution in [0.5, 0.6) is 0 Å². The van der Waals surface area contributed by atoms with Crippen LogP contribution in [0, 0.1) is 11.8 Å². The number of esters is 1. The van der Waals surface area contributed by atoms with Gasteiger partial charge in [0, 0.05) is 9.65 Å². The predicted molar refractivity (Wildman–Crippen MR) is 141 cm³/mol. The molecule has 3 aromatic carbocycles. The first-order valence-electron chi connectivity index (χ1n) is 11.5. The number of carbonyl (C=O) groups excluding carboxylic acids is 3. The minimum absolute atomic E-state index is 0.153. The molecule has 178 valence electrons. The molecule has 35 heavy (non-hydrogen) atoms. The Labute approximate surface area is 220 Å². The summed E-state index contributed by atoms with van der Waals surface area (Å²) in [4.78, 5) is 40.8. The maximum atomic E-state index is 13.1. The van der Waals surface area contributed by atoms with Crippen LogP contribution in [0.15, 0.2) is 84.9 Å². The zero-order chi connectivity index (χ0) is 24.5. The number of anilines is 1. The summed E-state index contributed by atoms with van der Waals surface area (Å²) < 4.78 is 5.92. The largest absolute Gasteiger partial charge is 0.449 e. The van der Waals surface area contributed by atoms with Gasteiger partial charge in [-0.2, -0.15) is 0 Å². The van der Waals surface area contributed by atoms with Crippen LogP contribution in [-0.4, -0.2) is 27.4 Å². The van der Waals surface area contributed by atoms with Crippen LogP contribution in [0.4, 0.5) is 5.69 Å². The van der Waals surface area contributed by atoms with Crippen LogP contribution in [0.25, 0.3) is 0 Å². The van der Waals surface area contributed by atoms with Crippen molar-refractivity contribution in [1.82, 2.24) is 0 Å². The number of hydrogen-bond acceptors (Lipinski definition) is 4. The van der Waals surface area contributed by atoms with Gasteiger partial charge in [-0.15, -0.1) is 0 Å².